The fourth-order valence-corrected chi connectivity index (χ4v) is 2.77. The van der Waals surface area contributed by atoms with Crippen LogP contribution in [0.3, 0.4) is 0 Å². The van der Waals surface area contributed by atoms with E-state index in [1.165, 1.54) is 13.1 Å². The number of alkyl halides is 6. The molecule has 0 saturated carbocycles. The predicted octanol–water partition coefficient (Wildman–Crippen LogP) is 4.59. The van der Waals surface area contributed by atoms with E-state index >= 15 is 0 Å². The maximum absolute atomic E-state index is 12.6. The van der Waals surface area contributed by atoms with Crippen molar-refractivity contribution in [2.45, 2.75) is 25.4 Å². The fraction of sp³-hybridized carbons (Fsp3) is 0.375. The Morgan fingerprint density at radius 2 is 1.76 bits per heavy atom. The van der Waals surface area contributed by atoms with Gasteiger partial charge in [0.05, 0.1) is 6.54 Å². The van der Waals surface area contributed by atoms with Gasteiger partial charge in [-0.1, -0.05) is 18.2 Å². The van der Waals surface area contributed by atoms with Crippen molar-refractivity contribution in [3.8, 4) is 5.75 Å². The monoisotopic (exact) mass is 554 g/mol. The van der Waals surface area contributed by atoms with E-state index in [1.54, 1.807) is 18.2 Å². The summed E-state index contributed by atoms with van der Waals surface area (Å²) < 4.78 is 79.5. The van der Waals surface area contributed by atoms with Gasteiger partial charge in [-0.05, 0) is 6.07 Å². The number of para-hydroxylation sites is 1. The number of aliphatic imine (C=N–C) groups is 1. The lowest BCUT2D eigenvalue weighted by atomic mass is 10.2. The maximum Gasteiger partial charge on any atom is 0.434 e. The van der Waals surface area contributed by atoms with Crippen molar-refractivity contribution in [2.24, 2.45) is 4.99 Å². The maximum atomic E-state index is 12.6. The molecule has 2 rings (SSSR count). The molecule has 29 heavy (non-hydrogen) atoms. The van der Waals surface area contributed by atoms with Gasteiger partial charge in [-0.15, -0.1) is 35.3 Å². The second-order valence-electron chi connectivity index (χ2n) is 5.42. The largest absolute Gasteiger partial charge is 0.484 e. The molecule has 162 valence electrons. The van der Waals surface area contributed by atoms with Crippen molar-refractivity contribution in [1.29, 1.82) is 0 Å². The molecule has 0 atom stereocenters. The molecule has 0 aliphatic heterocycles. The number of nitrogens with zero attached hydrogens (tertiary/aromatic N) is 2. The molecule has 1 heterocycles. The Morgan fingerprint density at radius 3 is 2.34 bits per heavy atom. The number of guanidine groups is 1. The molecule has 2 aromatic rings. The second-order valence-corrected chi connectivity index (χ2v) is 6.36. The summed E-state index contributed by atoms with van der Waals surface area (Å²) in [6.07, 6.45) is -8.96. The zero-order chi connectivity index (χ0) is 20.8. The minimum atomic E-state index is -4.51. The summed E-state index contributed by atoms with van der Waals surface area (Å²) in [6.45, 7) is -1.31. The number of aromatic nitrogens is 1. The molecule has 2 N–H and O–H groups in total. The van der Waals surface area contributed by atoms with E-state index in [9.17, 15) is 26.3 Å². The van der Waals surface area contributed by atoms with Gasteiger partial charge in [0.25, 0.3) is 0 Å². The van der Waals surface area contributed by atoms with Crippen LogP contribution in [0.25, 0.3) is 0 Å². The Bertz CT molecular complexity index is 809. The van der Waals surface area contributed by atoms with Crippen LogP contribution >= 0.6 is 35.3 Å². The molecule has 1 aromatic heterocycles. The van der Waals surface area contributed by atoms with Gasteiger partial charge in [0, 0.05) is 24.5 Å². The van der Waals surface area contributed by atoms with Crippen LogP contribution in [-0.4, -0.2) is 30.8 Å². The third kappa shape index (κ3) is 8.64. The van der Waals surface area contributed by atoms with E-state index in [1.807, 2.05) is 0 Å². The summed E-state index contributed by atoms with van der Waals surface area (Å²) >= 11 is 0.852. The van der Waals surface area contributed by atoms with Crippen LogP contribution in [0.2, 0.25) is 0 Å². The van der Waals surface area contributed by atoms with Gasteiger partial charge >= 0.3 is 12.4 Å². The molecule has 13 heteroatoms. The number of halogens is 7. The molecule has 0 aliphatic rings. The third-order valence-electron chi connectivity index (χ3n) is 3.28. The zero-order valence-corrected chi connectivity index (χ0v) is 18.0. The highest BCUT2D eigenvalue weighted by molar-refractivity contribution is 14.0. The summed E-state index contributed by atoms with van der Waals surface area (Å²) in [4.78, 5) is 7.41. The van der Waals surface area contributed by atoms with E-state index in [4.69, 9.17) is 4.74 Å². The van der Waals surface area contributed by atoms with Gasteiger partial charge in [0.2, 0.25) is 0 Å². The Hall–Kier alpha value is -1.77. The van der Waals surface area contributed by atoms with E-state index < -0.39 is 24.7 Å². The first-order valence-electron chi connectivity index (χ1n) is 7.82. The highest BCUT2D eigenvalue weighted by Crippen LogP contribution is 2.30. The van der Waals surface area contributed by atoms with Crippen LogP contribution < -0.4 is 15.4 Å². The van der Waals surface area contributed by atoms with Crippen LogP contribution in [0.5, 0.6) is 5.75 Å². The SMILES string of the molecule is CN=C(NCc1nc(C(F)(F)F)cs1)NCc1ccccc1OCC(F)(F)F.I. The molecule has 0 aliphatic carbocycles. The number of hydrogen-bond donors (Lipinski definition) is 2. The molecule has 0 fully saturated rings. The van der Waals surface area contributed by atoms with Crippen molar-refractivity contribution >= 4 is 41.3 Å². The lowest BCUT2D eigenvalue weighted by Crippen LogP contribution is -2.36. The molecular formula is C16H17F6IN4OS. The van der Waals surface area contributed by atoms with Gasteiger partial charge in [-0.2, -0.15) is 26.3 Å². The lowest BCUT2D eigenvalue weighted by molar-refractivity contribution is -0.153. The second kappa shape index (κ2) is 10.8. The summed E-state index contributed by atoms with van der Waals surface area (Å²) in [5.41, 5.74) is -0.503. The average Bonchev–Trinajstić information content (AvgIpc) is 3.09. The van der Waals surface area contributed by atoms with Gasteiger partial charge in [-0.25, -0.2) is 4.98 Å². The highest BCUT2D eigenvalue weighted by atomic mass is 127. The third-order valence-corrected chi connectivity index (χ3v) is 4.13. The van der Waals surface area contributed by atoms with Crippen LogP contribution in [0.1, 0.15) is 16.3 Å². The molecule has 0 saturated heterocycles. The topological polar surface area (TPSA) is 58.5 Å². The Kier molecular flexibility index (Phi) is 9.45. The summed E-state index contributed by atoms with van der Waals surface area (Å²) in [6, 6.07) is 6.18. The average molecular weight is 554 g/mol. The number of hydrogen-bond acceptors (Lipinski definition) is 4. The van der Waals surface area contributed by atoms with E-state index in [0.717, 1.165) is 16.7 Å². The first kappa shape index (κ1) is 25.3. The standard InChI is InChI=1S/C16H16F6N4OS.HI/c1-23-14(25-7-13-26-12(8-28-13)16(20,21)22)24-6-10-4-2-3-5-11(10)27-9-15(17,18)19;/h2-5,8H,6-7,9H2,1H3,(H2,23,24,25);1H. The number of thiazole rings is 1. The smallest absolute Gasteiger partial charge is 0.434 e. The molecule has 5 nitrogen and oxygen atoms in total. The minimum Gasteiger partial charge on any atom is -0.484 e. The van der Waals surface area contributed by atoms with Gasteiger partial charge in [-0.3, -0.25) is 4.99 Å². The Balaban J connectivity index is 0.00000420. The van der Waals surface area contributed by atoms with Crippen molar-refractivity contribution < 1.29 is 31.1 Å². The Morgan fingerprint density at radius 1 is 1.10 bits per heavy atom. The normalized spacial score (nSPS) is 12.3. The molecule has 0 unspecified atom stereocenters. The van der Waals surface area contributed by atoms with Crippen LogP contribution in [0.4, 0.5) is 26.3 Å². The van der Waals surface area contributed by atoms with Crippen molar-refractivity contribution in [2.75, 3.05) is 13.7 Å². The van der Waals surface area contributed by atoms with Crippen molar-refractivity contribution in [3.63, 3.8) is 0 Å². The van der Waals surface area contributed by atoms with Crippen LogP contribution in [0.15, 0.2) is 34.6 Å². The van der Waals surface area contributed by atoms with Gasteiger partial charge in [0.15, 0.2) is 18.3 Å². The molecule has 0 bridgehead atoms. The van der Waals surface area contributed by atoms with E-state index in [2.05, 4.69) is 20.6 Å². The fourth-order valence-electron chi connectivity index (χ4n) is 2.03. The van der Waals surface area contributed by atoms with Crippen molar-refractivity contribution in [3.05, 3.63) is 45.9 Å². The van der Waals surface area contributed by atoms with E-state index in [-0.39, 0.29) is 53.8 Å². The molecule has 0 amide bonds. The summed E-state index contributed by atoms with van der Waals surface area (Å²) in [7, 11) is 1.45. The lowest BCUT2D eigenvalue weighted by Gasteiger charge is -2.15. The van der Waals surface area contributed by atoms with Gasteiger partial charge < -0.3 is 15.4 Å². The molecule has 0 spiro atoms. The zero-order valence-electron chi connectivity index (χ0n) is 14.9. The number of rotatable bonds is 6. The summed E-state index contributed by atoms with van der Waals surface area (Å²) in [5.74, 6) is 0.312. The predicted molar refractivity (Wildman–Crippen MR) is 108 cm³/mol. The first-order valence-corrected chi connectivity index (χ1v) is 8.70. The molecule has 0 radical (unpaired) electrons. The minimum absolute atomic E-state index is 0. The van der Waals surface area contributed by atoms with Crippen LogP contribution in [0, 0.1) is 0 Å². The quantitative estimate of drug-likeness (QED) is 0.238. The summed E-state index contributed by atoms with van der Waals surface area (Å²) in [5, 5.41) is 6.79. The highest BCUT2D eigenvalue weighted by Gasteiger charge is 2.33. The van der Waals surface area contributed by atoms with Gasteiger partial charge in [0.1, 0.15) is 10.8 Å². The first-order chi connectivity index (χ1) is 13.1. The molecule has 1 aromatic carbocycles. The number of ether oxygens (including phenoxy) is 1. The number of nitrogens with one attached hydrogen (secondary N) is 2. The van der Waals surface area contributed by atoms with Crippen LogP contribution in [-0.2, 0) is 19.3 Å². The van der Waals surface area contributed by atoms with Crippen molar-refractivity contribution in [1.82, 2.24) is 15.6 Å². The number of benzene rings is 1. The Labute approximate surface area is 183 Å². The van der Waals surface area contributed by atoms with E-state index in [0.29, 0.717) is 5.56 Å². The molecular weight excluding hydrogens is 537 g/mol.